The fourth-order valence-electron chi connectivity index (χ4n) is 8.82. The summed E-state index contributed by atoms with van der Waals surface area (Å²) < 4.78 is 16.8. The monoisotopic (exact) mass is 1120 g/mol. The molecule has 0 radical (unpaired) electrons. The highest BCUT2D eigenvalue weighted by Gasteiger charge is 2.22. The SMILES string of the molecule is Cc1ccc(Cn2cnc3nc(Nc4ccc(C#N)cc4)nc(Oc4c(C)cc(-c5ccncc5)cc4Cl)c32)cc1.Cc1ccc(Cn2cnc3nc(Nc4ccc(C)cc4)nc(Oc4c(Cl)cc(-c5ccncc5)cc4Cl)c32)cc1. The zero-order valence-electron chi connectivity index (χ0n) is 44.1. The molecule has 0 spiro atoms. The van der Waals surface area contributed by atoms with Crippen LogP contribution in [0, 0.1) is 39.0 Å². The number of nitrogens with one attached hydrogen (secondary N) is 2. The lowest BCUT2D eigenvalue weighted by atomic mass is 10.0. The smallest absolute Gasteiger partial charge is 0.250 e. The first-order valence-corrected chi connectivity index (χ1v) is 26.7. The second-order valence-corrected chi connectivity index (χ2v) is 20.3. The summed E-state index contributed by atoms with van der Waals surface area (Å²) in [5.41, 5.74) is 14.7. The summed E-state index contributed by atoms with van der Waals surface area (Å²) in [7, 11) is 0. The normalized spacial score (nSPS) is 11.0. The van der Waals surface area contributed by atoms with Crippen LogP contribution < -0.4 is 20.1 Å². The van der Waals surface area contributed by atoms with Crippen molar-refractivity contribution in [3.05, 3.63) is 237 Å². The molecule has 0 aliphatic rings. The summed E-state index contributed by atoms with van der Waals surface area (Å²) in [6.45, 7) is 9.23. The van der Waals surface area contributed by atoms with Gasteiger partial charge in [-0.25, -0.2) is 9.97 Å². The van der Waals surface area contributed by atoms with Crippen LogP contribution in [-0.4, -0.2) is 49.0 Å². The first kappa shape index (κ1) is 53.3. The predicted molar refractivity (Wildman–Crippen MR) is 319 cm³/mol. The Morgan fingerprint density at radius 3 is 1.30 bits per heavy atom. The number of pyridine rings is 2. The van der Waals surface area contributed by atoms with Crippen molar-refractivity contribution in [2.24, 2.45) is 0 Å². The van der Waals surface area contributed by atoms with Gasteiger partial charge in [-0.2, -0.15) is 25.2 Å². The van der Waals surface area contributed by atoms with E-state index in [1.807, 2.05) is 95.8 Å². The Kier molecular flexibility index (Phi) is 15.6. The molecule has 0 amide bonds. The Morgan fingerprint density at radius 1 is 0.469 bits per heavy atom. The molecule has 81 heavy (non-hydrogen) atoms. The van der Waals surface area contributed by atoms with Crippen LogP contribution in [-0.2, 0) is 13.1 Å². The van der Waals surface area contributed by atoms with Crippen molar-refractivity contribution < 1.29 is 9.47 Å². The summed E-state index contributed by atoms with van der Waals surface area (Å²) in [4.78, 5) is 36.1. The molecule has 6 aromatic heterocycles. The second-order valence-electron chi connectivity index (χ2n) is 19.1. The van der Waals surface area contributed by atoms with Crippen molar-refractivity contribution in [1.82, 2.24) is 49.0 Å². The average Bonchev–Trinajstić information content (AvgIpc) is 4.09. The Bertz CT molecular complexity index is 4200. The Morgan fingerprint density at radius 2 is 0.864 bits per heavy atom. The molecule has 0 saturated carbocycles. The van der Waals surface area contributed by atoms with E-state index < -0.39 is 0 Å². The van der Waals surface area contributed by atoms with Crippen molar-refractivity contribution in [3.63, 3.8) is 0 Å². The molecule has 12 aromatic rings. The molecule has 0 aliphatic heterocycles. The molecule has 18 heteroatoms. The van der Waals surface area contributed by atoms with Gasteiger partial charge in [0.25, 0.3) is 11.8 Å². The van der Waals surface area contributed by atoms with E-state index in [0.29, 0.717) is 85.3 Å². The number of halogens is 3. The quantitative estimate of drug-likeness (QED) is 0.105. The van der Waals surface area contributed by atoms with Gasteiger partial charge < -0.3 is 29.2 Å². The largest absolute Gasteiger partial charge is 0.435 e. The van der Waals surface area contributed by atoms with Crippen LogP contribution in [0.1, 0.15) is 38.9 Å². The average molecular weight is 1130 g/mol. The minimum absolute atomic E-state index is 0.282. The van der Waals surface area contributed by atoms with Crippen LogP contribution >= 0.6 is 34.8 Å². The molecule has 398 valence electrons. The van der Waals surface area contributed by atoms with Gasteiger partial charge in [0, 0.05) is 49.3 Å². The molecule has 6 aromatic carbocycles. The van der Waals surface area contributed by atoms with Gasteiger partial charge in [0.2, 0.25) is 11.9 Å². The minimum Gasteiger partial charge on any atom is -0.435 e. The van der Waals surface area contributed by atoms with Gasteiger partial charge in [-0.05, 0) is 152 Å². The van der Waals surface area contributed by atoms with Crippen LogP contribution in [0.3, 0.4) is 0 Å². The third-order valence-electron chi connectivity index (χ3n) is 13.1. The number of aromatic nitrogens is 10. The van der Waals surface area contributed by atoms with Crippen LogP contribution in [0.15, 0.2) is 183 Å². The molecule has 0 unspecified atom stereocenters. The van der Waals surface area contributed by atoms with E-state index in [1.165, 1.54) is 11.1 Å². The molecular formula is C63H48Cl3N13O2. The van der Waals surface area contributed by atoms with E-state index in [9.17, 15) is 0 Å². The fraction of sp³-hybridized carbons (Fsp3) is 0.0952. The van der Waals surface area contributed by atoms with E-state index >= 15 is 0 Å². The number of aryl methyl sites for hydroxylation is 4. The van der Waals surface area contributed by atoms with Crippen LogP contribution in [0.5, 0.6) is 23.3 Å². The number of anilines is 4. The van der Waals surface area contributed by atoms with Gasteiger partial charge in [0.1, 0.15) is 0 Å². The summed E-state index contributed by atoms with van der Waals surface area (Å²) in [5, 5.41) is 16.7. The second kappa shape index (κ2) is 23.7. The maximum absolute atomic E-state index is 9.13. The Labute approximate surface area is 481 Å². The summed E-state index contributed by atoms with van der Waals surface area (Å²) in [6.07, 6.45) is 10.4. The van der Waals surface area contributed by atoms with Crippen molar-refractivity contribution in [1.29, 1.82) is 5.26 Å². The topological polar surface area (TPSA) is 179 Å². The minimum atomic E-state index is 0.282. The van der Waals surface area contributed by atoms with Gasteiger partial charge in [-0.3, -0.25) is 9.97 Å². The number of fused-ring (bicyclic) bond motifs is 2. The van der Waals surface area contributed by atoms with Gasteiger partial charge in [-0.15, -0.1) is 0 Å². The summed E-state index contributed by atoms with van der Waals surface area (Å²) in [5.74, 6) is 2.04. The van der Waals surface area contributed by atoms with Crippen molar-refractivity contribution in [2.75, 3.05) is 10.6 Å². The van der Waals surface area contributed by atoms with Crippen LogP contribution in [0.2, 0.25) is 15.1 Å². The van der Waals surface area contributed by atoms with E-state index in [4.69, 9.17) is 59.5 Å². The maximum atomic E-state index is 9.13. The predicted octanol–water partition coefficient (Wildman–Crippen LogP) is 16.0. The standard InChI is InChI=1S/C32H24ClN7O.C31H24Cl2N6O/c1-20-3-5-23(6-4-20)18-40-19-36-30-28(40)31(39-32(38-30)37-26-9-7-22(17-34)8-10-26)41-29-21(2)15-25(16-27(29)33)24-11-13-35-14-12-24;1-19-3-7-21(8-4-19)17-39-18-35-29-27(39)30(38-31(37-29)36-24-9-5-20(2)6-10-24)40-28-25(32)15-23(16-26(28)33)22-11-13-34-14-12-22/h3-16,19H,18H2,1-2H3,(H,37,38,39);3-16,18H,17H2,1-2H3,(H,36,37,38). The Balaban J connectivity index is 0.000000170. The number of nitriles is 1. The molecule has 0 fully saturated rings. The fourth-order valence-corrected chi connectivity index (χ4v) is 9.69. The lowest BCUT2D eigenvalue weighted by molar-refractivity contribution is 0.463. The Hall–Kier alpha value is -9.72. The highest BCUT2D eigenvalue weighted by atomic mass is 35.5. The number of hydrogen-bond acceptors (Lipinski definition) is 13. The van der Waals surface area contributed by atoms with Gasteiger partial charge in [0.05, 0.1) is 39.4 Å². The number of nitrogens with zero attached hydrogens (tertiary/aromatic N) is 11. The molecule has 0 saturated heterocycles. The molecular weight excluding hydrogens is 1080 g/mol. The van der Waals surface area contributed by atoms with Gasteiger partial charge >= 0.3 is 0 Å². The molecule has 0 atom stereocenters. The van der Waals surface area contributed by atoms with Gasteiger partial charge in [-0.1, -0.05) is 112 Å². The van der Waals surface area contributed by atoms with Crippen LogP contribution in [0.25, 0.3) is 44.6 Å². The van der Waals surface area contributed by atoms with E-state index in [0.717, 1.165) is 55.9 Å². The van der Waals surface area contributed by atoms with E-state index in [1.54, 1.807) is 61.7 Å². The first-order chi connectivity index (χ1) is 39.4. The van der Waals surface area contributed by atoms with Crippen molar-refractivity contribution in [3.8, 4) is 51.6 Å². The third-order valence-corrected chi connectivity index (χ3v) is 13.9. The number of imidazole rings is 2. The number of hydrogen-bond donors (Lipinski definition) is 2. The zero-order chi connectivity index (χ0) is 56.0. The first-order valence-electron chi connectivity index (χ1n) is 25.5. The molecule has 0 aliphatic carbocycles. The highest BCUT2D eigenvalue weighted by molar-refractivity contribution is 6.37. The molecule has 2 N–H and O–H groups in total. The zero-order valence-corrected chi connectivity index (χ0v) is 46.4. The van der Waals surface area contributed by atoms with E-state index in [2.05, 4.69) is 109 Å². The number of rotatable bonds is 14. The molecule has 6 heterocycles. The number of benzene rings is 6. The van der Waals surface area contributed by atoms with Crippen molar-refractivity contribution >= 4 is 80.4 Å². The molecule has 12 rings (SSSR count). The summed E-state index contributed by atoms with van der Waals surface area (Å²) in [6, 6.07) is 48.9. The lowest BCUT2D eigenvalue weighted by Gasteiger charge is -2.15. The third kappa shape index (κ3) is 12.4. The number of ether oxygens (including phenoxy) is 2. The molecule has 0 bridgehead atoms. The van der Waals surface area contributed by atoms with Crippen LogP contribution in [0.4, 0.5) is 23.3 Å². The molecule has 15 nitrogen and oxygen atoms in total. The lowest BCUT2D eigenvalue weighted by Crippen LogP contribution is -2.04. The highest BCUT2D eigenvalue weighted by Crippen LogP contribution is 2.42. The summed E-state index contributed by atoms with van der Waals surface area (Å²) >= 11 is 20.2. The van der Waals surface area contributed by atoms with E-state index in [-0.39, 0.29) is 5.88 Å². The van der Waals surface area contributed by atoms with Gasteiger partial charge in [0.15, 0.2) is 33.8 Å². The maximum Gasteiger partial charge on any atom is 0.250 e. The van der Waals surface area contributed by atoms with Crippen molar-refractivity contribution in [2.45, 2.75) is 40.8 Å².